The fraction of sp³-hybridized carbons (Fsp3) is 0.148. The molecule has 0 unspecified atom stereocenters. The summed E-state index contributed by atoms with van der Waals surface area (Å²) >= 11 is 0. The van der Waals surface area contributed by atoms with Crippen LogP contribution in [0.2, 0.25) is 0 Å². The maximum absolute atomic E-state index is 12.4. The average molecular weight is 472 g/mol. The quantitative estimate of drug-likeness (QED) is 0.371. The fourth-order valence-electron chi connectivity index (χ4n) is 3.95. The van der Waals surface area contributed by atoms with Gasteiger partial charge in [0.25, 0.3) is 0 Å². The summed E-state index contributed by atoms with van der Waals surface area (Å²) in [6.07, 6.45) is 0.532. The van der Waals surface area contributed by atoms with Crippen molar-refractivity contribution in [3.63, 3.8) is 0 Å². The summed E-state index contributed by atoms with van der Waals surface area (Å²) in [7, 11) is 0. The van der Waals surface area contributed by atoms with Crippen molar-refractivity contribution in [3.05, 3.63) is 95.6 Å². The summed E-state index contributed by atoms with van der Waals surface area (Å²) in [6.45, 7) is -0.173. The molecule has 4 N–H and O–H groups in total. The molecule has 2 amide bonds. The maximum Gasteiger partial charge on any atom is 0.411 e. The molecule has 0 fully saturated rings. The molecule has 0 saturated heterocycles. The summed E-state index contributed by atoms with van der Waals surface area (Å²) < 4.78 is 5.54. The molecular formula is C27H24N2O6. The van der Waals surface area contributed by atoms with Crippen LogP contribution < -0.4 is 10.6 Å². The number of rotatable bonds is 8. The molecular weight excluding hydrogens is 448 g/mol. The first-order valence-corrected chi connectivity index (χ1v) is 11.0. The average Bonchev–Trinajstić information content (AvgIpc) is 3.19. The number of aliphatic hydroxyl groups is 1. The van der Waals surface area contributed by atoms with Gasteiger partial charge in [0.1, 0.15) is 6.61 Å². The third-order valence-corrected chi connectivity index (χ3v) is 5.68. The summed E-state index contributed by atoms with van der Waals surface area (Å²) in [5.74, 6) is -1.97. The largest absolute Gasteiger partial charge is 0.479 e. The number of amides is 2. The van der Waals surface area contributed by atoms with Crippen LogP contribution in [0.15, 0.2) is 78.9 Å². The zero-order chi connectivity index (χ0) is 24.8. The van der Waals surface area contributed by atoms with Crippen LogP contribution in [0.3, 0.4) is 0 Å². The molecule has 3 aromatic carbocycles. The van der Waals surface area contributed by atoms with Crippen LogP contribution in [-0.2, 0) is 14.3 Å². The normalized spacial score (nSPS) is 13.1. The summed E-state index contributed by atoms with van der Waals surface area (Å²) in [6, 6.07) is 23.0. The molecule has 8 nitrogen and oxygen atoms in total. The van der Waals surface area contributed by atoms with Crippen LogP contribution in [-0.4, -0.2) is 47.4 Å². The molecule has 1 atom stereocenters. The number of carboxylic acid groups (broad SMARTS) is 1. The molecule has 0 aromatic heterocycles. The molecule has 0 bridgehead atoms. The number of aliphatic carboxylic acids is 1. The van der Waals surface area contributed by atoms with Gasteiger partial charge in [-0.15, -0.1) is 0 Å². The van der Waals surface area contributed by atoms with Crippen LogP contribution in [0.25, 0.3) is 17.2 Å². The first-order chi connectivity index (χ1) is 16.9. The van der Waals surface area contributed by atoms with E-state index in [0.29, 0.717) is 11.3 Å². The number of carbonyl (C=O) groups is 3. The van der Waals surface area contributed by atoms with Crippen molar-refractivity contribution >= 4 is 29.7 Å². The molecule has 35 heavy (non-hydrogen) atoms. The van der Waals surface area contributed by atoms with Crippen LogP contribution in [0, 0.1) is 0 Å². The number of benzene rings is 3. The Balaban J connectivity index is 1.29. The van der Waals surface area contributed by atoms with E-state index in [-0.39, 0.29) is 19.1 Å². The Hall–Kier alpha value is -4.43. The lowest BCUT2D eigenvalue weighted by Gasteiger charge is -2.14. The molecule has 178 valence electrons. The van der Waals surface area contributed by atoms with Crippen molar-refractivity contribution in [2.45, 2.75) is 12.0 Å². The van der Waals surface area contributed by atoms with E-state index in [9.17, 15) is 14.4 Å². The Labute approximate surface area is 201 Å². The zero-order valence-electron chi connectivity index (χ0n) is 18.7. The lowest BCUT2D eigenvalue weighted by Crippen LogP contribution is -2.35. The van der Waals surface area contributed by atoms with E-state index >= 15 is 0 Å². The minimum absolute atomic E-state index is 0.0246. The van der Waals surface area contributed by atoms with E-state index in [2.05, 4.69) is 34.9 Å². The highest BCUT2D eigenvalue weighted by Crippen LogP contribution is 2.44. The van der Waals surface area contributed by atoms with Gasteiger partial charge < -0.3 is 20.3 Å². The number of hydrogen-bond donors (Lipinski definition) is 4. The number of carboxylic acids is 1. The molecule has 0 spiro atoms. The van der Waals surface area contributed by atoms with Crippen LogP contribution >= 0.6 is 0 Å². The fourth-order valence-corrected chi connectivity index (χ4v) is 3.95. The molecule has 3 aromatic rings. The Morgan fingerprint density at radius 2 is 1.51 bits per heavy atom. The van der Waals surface area contributed by atoms with E-state index in [0.717, 1.165) is 22.3 Å². The molecule has 1 aliphatic rings. The van der Waals surface area contributed by atoms with E-state index in [1.807, 2.05) is 24.3 Å². The highest BCUT2D eigenvalue weighted by molar-refractivity contribution is 5.92. The van der Waals surface area contributed by atoms with E-state index < -0.39 is 24.1 Å². The van der Waals surface area contributed by atoms with Crippen molar-refractivity contribution < 1.29 is 29.3 Å². The monoisotopic (exact) mass is 472 g/mol. The van der Waals surface area contributed by atoms with Crippen molar-refractivity contribution in [2.75, 3.05) is 18.5 Å². The first kappa shape index (κ1) is 23.7. The van der Waals surface area contributed by atoms with E-state index in [1.54, 1.807) is 24.3 Å². The number of ether oxygens (including phenoxy) is 1. The molecule has 0 aliphatic heterocycles. The van der Waals surface area contributed by atoms with Gasteiger partial charge in [0.05, 0.1) is 6.54 Å². The predicted octanol–water partition coefficient (Wildman–Crippen LogP) is 3.62. The van der Waals surface area contributed by atoms with E-state index in [4.69, 9.17) is 14.9 Å². The van der Waals surface area contributed by atoms with Gasteiger partial charge in [-0.2, -0.15) is 0 Å². The second-order valence-corrected chi connectivity index (χ2v) is 8.01. The minimum Gasteiger partial charge on any atom is -0.479 e. The second-order valence-electron chi connectivity index (χ2n) is 8.01. The van der Waals surface area contributed by atoms with E-state index in [1.165, 1.54) is 12.2 Å². The zero-order valence-corrected chi connectivity index (χ0v) is 18.7. The van der Waals surface area contributed by atoms with Gasteiger partial charge in [-0.25, -0.2) is 9.59 Å². The summed E-state index contributed by atoms with van der Waals surface area (Å²) in [5.41, 5.74) is 5.82. The third kappa shape index (κ3) is 5.74. The second kappa shape index (κ2) is 10.7. The Bertz CT molecular complexity index is 1220. The number of nitrogens with one attached hydrogen (secondary N) is 2. The molecule has 1 aliphatic carbocycles. The van der Waals surface area contributed by atoms with Crippen LogP contribution in [0.4, 0.5) is 10.5 Å². The van der Waals surface area contributed by atoms with Gasteiger partial charge in [0, 0.05) is 17.7 Å². The van der Waals surface area contributed by atoms with Crippen LogP contribution in [0.5, 0.6) is 0 Å². The number of aliphatic hydroxyl groups excluding tert-OH is 1. The summed E-state index contributed by atoms with van der Waals surface area (Å²) in [5, 5.41) is 22.8. The molecule has 0 saturated carbocycles. The number of hydrogen-bond acceptors (Lipinski definition) is 5. The molecule has 0 radical (unpaired) electrons. The van der Waals surface area contributed by atoms with Gasteiger partial charge in [-0.3, -0.25) is 10.1 Å². The van der Waals surface area contributed by atoms with Crippen molar-refractivity contribution in [3.8, 4) is 11.1 Å². The Kier molecular flexibility index (Phi) is 7.23. The Morgan fingerprint density at radius 3 is 2.11 bits per heavy atom. The van der Waals surface area contributed by atoms with Gasteiger partial charge in [-0.05, 0) is 46.0 Å². The highest BCUT2D eigenvalue weighted by atomic mass is 16.5. The highest BCUT2D eigenvalue weighted by Gasteiger charge is 2.29. The topological polar surface area (TPSA) is 125 Å². The lowest BCUT2D eigenvalue weighted by atomic mass is 9.98. The van der Waals surface area contributed by atoms with Gasteiger partial charge >= 0.3 is 12.1 Å². The van der Waals surface area contributed by atoms with Gasteiger partial charge in [-0.1, -0.05) is 60.7 Å². The SMILES string of the molecule is O=C(/C=C/c1ccc(NC(=O)OCC2c3ccccc3-c3ccccc32)cc1)NC[C@H](O)C(=O)O. The minimum atomic E-state index is -1.66. The lowest BCUT2D eigenvalue weighted by molar-refractivity contribution is -0.146. The Morgan fingerprint density at radius 1 is 0.914 bits per heavy atom. The van der Waals surface area contributed by atoms with Gasteiger partial charge in [0.15, 0.2) is 6.10 Å². The third-order valence-electron chi connectivity index (χ3n) is 5.68. The number of anilines is 1. The number of carbonyl (C=O) groups excluding carboxylic acids is 2. The molecule has 4 rings (SSSR count). The number of fused-ring (bicyclic) bond motifs is 3. The molecule has 0 heterocycles. The first-order valence-electron chi connectivity index (χ1n) is 11.0. The predicted molar refractivity (Wildman–Crippen MR) is 131 cm³/mol. The van der Waals surface area contributed by atoms with Crippen molar-refractivity contribution in [2.24, 2.45) is 0 Å². The van der Waals surface area contributed by atoms with Gasteiger partial charge in [0.2, 0.25) is 5.91 Å². The summed E-state index contributed by atoms with van der Waals surface area (Å²) in [4.78, 5) is 34.7. The standard InChI is InChI=1S/C27H24N2O6/c30-24(26(32)33)15-28-25(31)14-11-17-9-12-18(13-10-17)29-27(34)35-16-23-21-7-3-1-5-19(21)20-6-2-4-8-22(20)23/h1-14,23-24,30H,15-16H2,(H,28,31)(H,29,34)(H,32,33)/b14-11+/t24-/m0/s1. The van der Waals surface area contributed by atoms with Crippen molar-refractivity contribution in [1.29, 1.82) is 0 Å². The maximum atomic E-state index is 12.4. The molecule has 8 heteroatoms. The van der Waals surface area contributed by atoms with Crippen molar-refractivity contribution in [1.82, 2.24) is 5.32 Å². The van der Waals surface area contributed by atoms with Crippen LogP contribution in [0.1, 0.15) is 22.6 Å². The smallest absolute Gasteiger partial charge is 0.411 e.